The van der Waals surface area contributed by atoms with E-state index in [9.17, 15) is 5.26 Å². The summed E-state index contributed by atoms with van der Waals surface area (Å²) < 4.78 is 0. The van der Waals surface area contributed by atoms with Crippen molar-refractivity contribution in [2.45, 2.75) is 25.8 Å². The largest absolute Gasteiger partial charge is 0.369 e. The van der Waals surface area contributed by atoms with Crippen molar-refractivity contribution in [3.05, 3.63) is 53.7 Å². The number of hydrogen-bond donors (Lipinski definition) is 0. The van der Waals surface area contributed by atoms with Crippen molar-refractivity contribution in [2.24, 2.45) is 0 Å². The summed E-state index contributed by atoms with van der Waals surface area (Å²) in [4.78, 5) is 11.9. The van der Waals surface area contributed by atoms with Crippen LogP contribution in [0.3, 0.4) is 0 Å². The second-order valence-corrected chi connectivity index (χ2v) is 7.54. The Morgan fingerprint density at radius 2 is 1.81 bits per heavy atom. The first kappa shape index (κ1) is 17.8. The zero-order valence-electron chi connectivity index (χ0n) is 16.0. The molecule has 0 saturated carbocycles. The lowest BCUT2D eigenvalue weighted by atomic mass is 10.0. The Hall–Kier alpha value is -2.58. The van der Waals surface area contributed by atoms with Gasteiger partial charge < -0.3 is 9.80 Å². The highest BCUT2D eigenvalue weighted by Crippen LogP contribution is 2.26. The summed E-state index contributed by atoms with van der Waals surface area (Å²) in [7, 11) is 0. The smallest absolute Gasteiger partial charge is 0.146 e. The van der Waals surface area contributed by atoms with E-state index in [1.807, 2.05) is 12.1 Å². The standard InChI is InChI=1S/C22H27N5/c1-18-6-2-3-9-21(18)26-14-12-25(13-15-26)20-8-5-11-27(17-20)22-19(16-23)7-4-10-24-22/h2-4,6-7,9-10,20H,5,8,11-15,17H2,1H3/t20-/m1/s1. The summed E-state index contributed by atoms with van der Waals surface area (Å²) in [6.07, 6.45) is 4.18. The fourth-order valence-corrected chi connectivity index (χ4v) is 4.43. The molecule has 2 saturated heterocycles. The average molecular weight is 361 g/mol. The molecule has 0 N–H and O–H groups in total. The van der Waals surface area contributed by atoms with Gasteiger partial charge in [-0.3, -0.25) is 4.90 Å². The number of nitrogens with zero attached hydrogens (tertiary/aromatic N) is 5. The number of rotatable bonds is 3. The van der Waals surface area contributed by atoms with Crippen molar-refractivity contribution in [1.82, 2.24) is 9.88 Å². The van der Waals surface area contributed by atoms with Gasteiger partial charge in [-0.1, -0.05) is 18.2 Å². The number of nitriles is 1. The van der Waals surface area contributed by atoms with Crippen LogP contribution >= 0.6 is 0 Å². The van der Waals surface area contributed by atoms with Crippen molar-refractivity contribution < 1.29 is 0 Å². The maximum absolute atomic E-state index is 9.39. The number of benzene rings is 1. The van der Waals surface area contributed by atoms with Gasteiger partial charge in [-0.2, -0.15) is 5.26 Å². The molecular formula is C22H27N5. The number of hydrogen-bond acceptors (Lipinski definition) is 5. The highest BCUT2D eigenvalue weighted by molar-refractivity contribution is 5.54. The van der Waals surface area contributed by atoms with Gasteiger partial charge in [0.05, 0.1) is 5.56 Å². The van der Waals surface area contributed by atoms with E-state index in [2.05, 4.69) is 56.9 Å². The van der Waals surface area contributed by atoms with Crippen LogP contribution in [0.15, 0.2) is 42.6 Å². The van der Waals surface area contributed by atoms with Crippen LogP contribution in [0, 0.1) is 18.3 Å². The Bertz CT molecular complexity index is 819. The molecule has 5 nitrogen and oxygen atoms in total. The van der Waals surface area contributed by atoms with Gasteiger partial charge in [0, 0.05) is 57.2 Å². The van der Waals surface area contributed by atoms with Gasteiger partial charge >= 0.3 is 0 Å². The number of aryl methyl sites for hydroxylation is 1. The molecule has 1 atom stereocenters. The van der Waals surface area contributed by atoms with Crippen LogP contribution in [0.4, 0.5) is 11.5 Å². The Balaban J connectivity index is 1.40. The van der Waals surface area contributed by atoms with Crippen molar-refractivity contribution in [3.8, 4) is 6.07 Å². The second kappa shape index (κ2) is 7.98. The molecule has 1 aromatic carbocycles. The van der Waals surface area contributed by atoms with Gasteiger partial charge in [0.15, 0.2) is 0 Å². The van der Waals surface area contributed by atoms with Gasteiger partial charge in [0.25, 0.3) is 0 Å². The maximum atomic E-state index is 9.39. The second-order valence-electron chi connectivity index (χ2n) is 7.54. The average Bonchev–Trinajstić information content (AvgIpc) is 2.74. The molecule has 5 heteroatoms. The number of para-hydroxylation sites is 1. The van der Waals surface area contributed by atoms with Crippen LogP contribution in [-0.2, 0) is 0 Å². The van der Waals surface area contributed by atoms with Crippen LogP contribution in [-0.4, -0.2) is 55.2 Å². The maximum Gasteiger partial charge on any atom is 0.146 e. The Morgan fingerprint density at radius 3 is 2.59 bits per heavy atom. The molecular weight excluding hydrogens is 334 g/mol. The number of aromatic nitrogens is 1. The third-order valence-corrected chi connectivity index (χ3v) is 5.89. The molecule has 0 bridgehead atoms. The summed E-state index contributed by atoms with van der Waals surface area (Å²) in [6.45, 7) is 8.50. The van der Waals surface area contributed by atoms with Crippen LogP contribution in [0.25, 0.3) is 0 Å². The number of pyridine rings is 1. The molecule has 2 fully saturated rings. The Morgan fingerprint density at radius 1 is 1.00 bits per heavy atom. The first-order valence-electron chi connectivity index (χ1n) is 9.91. The van der Waals surface area contributed by atoms with Crippen LogP contribution < -0.4 is 9.80 Å². The fraction of sp³-hybridized carbons (Fsp3) is 0.455. The Kier molecular flexibility index (Phi) is 5.26. The van der Waals surface area contributed by atoms with E-state index in [0.29, 0.717) is 11.6 Å². The molecule has 0 radical (unpaired) electrons. The minimum Gasteiger partial charge on any atom is -0.369 e. The van der Waals surface area contributed by atoms with Crippen molar-refractivity contribution in [2.75, 3.05) is 49.1 Å². The zero-order chi connectivity index (χ0) is 18.6. The molecule has 0 amide bonds. The van der Waals surface area contributed by atoms with Crippen molar-refractivity contribution in [3.63, 3.8) is 0 Å². The van der Waals surface area contributed by atoms with E-state index >= 15 is 0 Å². The van der Waals surface area contributed by atoms with E-state index in [4.69, 9.17) is 0 Å². The lowest BCUT2D eigenvalue weighted by Gasteiger charge is -2.44. The lowest BCUT2D eigenvalue weighted by Crippen LogP contribution is -2.55. The van der Waals surface area contributed by atoms with Crippen LogP contribution in [0.2, 0.25) is 0 Å². The predicted molar refractivity (Wildman–Crippen MR) is 109 cm³/mol. The molecule has 140 valence electrons. The summed E-state index contributed by atoms with van der Waals surface area (Å²) in [5.41, 5.74) is 3.41. The van der Waals surface area contributed by atoms with E-state index in [0.717, 1.165) is 51.5 Å². The van der Waals surface area contributed by atoms with Crippen LogP contribution in [0.1, 0.15) is 24.0 Å². The summed E-state index contributed by atoms with van der Waals surface area (Å²) in [5, 5.41) is 9.39. The molecule has 2 aliphatic rings. The van der Waals surface area contributed by atoms with Gasteiger partial charge in [-0.05, 0) is 43.5 Å². The molecule has 27 heavy (non-hydrogen) atoms. The van der Waals surface area contributed by atoms with Crippen LogP contribution in [0.5, 0.6) is 0 Å². The number of piperidine rings is 1. The SMILES string of the molecule is Cc1ccccc1N1CCN([C@@H]2CCCN(c3ncccc3C#N)C2)CC1. The first-order chi connectivity index (χ1) is 13.3. The van der Waals surface area contributed by atoms with E-state index in [-0.39, 0.29) is 0 Å². The van der Waals surface area contributed by atoms with E-state index < -0.39 is 0 Å². The molecule has 0 spiro atoms. The topological polar surface area (TPSA) is 46.4 Å². The van der Waals surface area contributed by atoms with E-state index in [1.165, 1.54) is 17.7 Å². The summed E-state index contributed by atoms with van der Waals surface area (Å²) in [5.74, 6) is 0.850. The first-order valence-corrected chi connectivity index (χ1v) is 9.91. The molecule has 2 aliphatic heterocycles. The lowest BCUT2D eigenvalue weighted by molar-refractivity contribution is 0.166. The minimum atomic E-state index is 0.548. The highest BCUT2D eigenvalue weighted by Gasteiger charge is 2.29. The number of anilines is 2. The third-order valence-electron chi connectivity index (χ3n) is 5.89. The fourth-order valence-electron chi connectivity index (χ4n) is 4.43. The monoisotopic (exact) mass is 361 g/mol. The molecule has 0 unspecified atom stereocenters. The predicted octanol–water partition coefficient (Wildman–Crippen LogP) is 3.05. The quantitative estimate of drug-likeness (QED) is 0.841. The zero-order valence-corrected chi connectivity index (χ0v) is 16.0. The molecule has 3 heterocycles. The van der Waals surface area contributed by atoms with Crippen molar-refractivity contribution in [1.29, 1.82) is 5.26 Å². The third kappa shape index (κ3) is 3.77. The number of piperazine rings is 1. The van der Waals surface area contributed by atoms with Gasteiger partial charge in [0.1, 0.15) is 11.9 Å². The molecule has 2 aromatic rings. The Labute approximate surface area is 161 Å². The summed E-state index contributed by atoms with van der Waals surface area (Å²) in [6, 6.07) is 15.2. The minimum absolute atomic E-state index is 0.548. The normalized spacial score (nSPS) is 21.1. The highest BCUT2D eigenvalue weighted by atomic mass is 15.3. The molecule has 0 aliphatic carbocycles. The van der Waals surface area contributed by atoms with E-state index in [1.54, 1.807) is 6.20 Å². The van der Waals surface area contributed by atoms with Gasteiger partial charge in [-0.15, -0.1) is 0 Å². The van der Waals surface area contributed by atoms with Gasteiger partial charge in [0.2, 0.25) is 0 Å². The molecule has 4 rings (SSSR count). The van der Waals surface area contributed by atoms with Gasteiger partial charge in [-0.25, -0.2) is 4.98 Å². The molecule has 1 aromatic heterocycles. The van der Waals surface area contributed by atoms with Crippen molar-refractivity contribution >= 4 is 11.5 Å². The summed E-state index contributed by atoms with van der Waals surface area (Å²) >= 11 is 0.